The van der Waals surface area contributed by atoms with Crippen LogP contribution in [0.4, 0.5) is 22.7 Å². The average molecular weight is 672 g/mol. The van der Waals surface area contributed by atoms with Crippen molar-refractivity contribution >= 4 is 57.8 Å². The molecule has 7 nitrogen and oxygen atoms in total. The standard InChI is InChI=1S/C19H21ClN2O2.C19H19ClN2O/c20-15-8-9-17-14(13-15)5-4-11-22(17)18(10-12-23)19(24)21-16-6-2-1-3-7-16;20-15-8-9-17-14(13-15)5-4-11-22(17)18-10-12-21(19(18)23)16-6-2-1-3-7-16/h1-3,6-9,13,18,23H,4-5,10-12H2,(H,21,24);1-3,6-9,13,18H,4-5,10-12H2/t2*18-/m00/s1. The quantitative estimate of drug-likeness (QED) is 0.215. The molecule has 0 aliphatic carbocycles. The van der Waals surface area contributed by atoms with Gasteiger partial charge in [-0.15, -0.1) is 0 Å². The zero-order valence-electron chi connectivity index (χ0n) is 26.3. The van der Waals surface area contributed by atoms with Crippen LogP contribution >= 0.6 is 23.2 Å². The van der Waals surface area contributed by atoms with E-state index in [4.69, 9.17) is 23.2 Å². The number of aryl methyl sites for hydroxylation is 2. The summed E-state index contributed by atoms with van der Waals surface area (Å²) >= 11 is 12.2. The summed E-state index contributed by atoms with van der Waals surface area (Å²) in [5, 5.41) is 13.9. The van der Waals surface area contributed by atoms with Crippen LogP contribution in [0.15, 0.2) is 97.1 Å². The van der Waals surface area contributed by atoms with E-state index in [9.17, 15) is 14.7 Å². The van der Waals surface area contributed by atoms with E-state index >= 15 is 0 Å². The first-order valence-corrected chi connectivity index (χ1v) is 17.1. The highest BCUT2D eigenvalue weighted by Crippen LogP contribution is 2.35. The molecule has 3 aliphatic rings. The van der Waals surface area contributed by atoms with Crippen LogP contribution in [0.3, 0.4) is 0 Å². The van der Waals surface area contributed by atoms with Gasteiger partial charge >= 0.3 is 0 Å². The van der Waals surface area contributed by atoms with Crippen LogP contribution in [0.5, 0.6) is 0 Å². The number of nitrogens with one attached hydrogen (secondary N) is 1. The van der Waals surface area contributed by atoms with Crippen LogP contribution in [0, 0.1) is 0 Å². The number of aliphatic hydroxyl groups excluding tert-OH is 1. The number of amides is 2. The zero-order chi connectivity index (χ0) is 32.8. The van der Waals surface area contributed by atoms with E-state index in [0.29, 0.717) is 11.4 Å². The molecule has 7 rings (SSSR count). The smallest absolute Gasteiger partial charge is 0.249 e. The summed E-state index contributed by atoms with van der Waals surface area (Å²) in [6.07, 6.45) is 5.29. The van der Waals surface area contributed by atoms with E-state index in [2.05, 4.69) is 21.2 Å². The summed E-state index contributed by atoms with van der Waals surface area (Å²) in [6, 6.07) is 30.7. The maximum absolute atomic E-state index is 12.9. The number of carbonyl (C=O) groups is 2. The number of aliphatic hydroxyl groups is 1. The first kappa shape index (κ1) is 32.9. The molecular weight excluding hydrogens is 631 g/mol. The third-order valence-electron chi connectivity index (χ3n) is 9.14. The number of para-hydroxylation sites is 2. The minimum absolute atomic E-state index is 0.0354. The molecule has 4 aromatic rings. The fraction of sp³-hybridized carbons (Fsp3) is 0.316. The summed E-state index contributed by atoms with van der Waals surface area (Å²) in [5.74, 6) is 0.108. The lowest BCUT2D eigenvalue weighted by Crippen LogP contribution is -2.47. The maximum atomic E-state index is 12.9. The summed E-state index contributed by atoms with van der Waals surface area (Å²) in [5.41, 5.74) is 6.38. The lowest BCUT2D eigenvalue weighted by Gasteiger charge is -2.37. The number of fused-ring (bicyclic) bond motifs is 2. The van der Waals surface area contributed by atoms with Gasteiger partial charge in [0.2, 0.25) is 11.8 Å². The maximum Gasteiger partial charge on any atom is 0.249 e. The number of benzene rings is 4. The van der Waals surface area contributed by atoms with E-state index in [1.807, 2.05) is 95.9 Å². The number of carbonyl (C=O) groups excluding carboxylic acids is 2. The Balaban J connectivity index is 0.000000164. The molecule has 2 amide bonds. The van der Waals surface area contributed by atoms with Gasteiger partial charge in [-0.1, -0.05) is 59.6 Å². The fourth-order valence-electron chi connectivity index (χ4n) is 6.95. The predicted molar refractivity (Wildman–Crippen MR) is 192 cm³/mol. The third-order valence-corrected chi connectivity index (χ3v) is 9.61. The topological polar surface area (TPSA) is 76.1 Å². The SMILES string of the molecule is O=C(Nc1ccccc1)[C@H](CCO)N1CCCc2cc(Cl)ccc21.O=C1[C@@H](N2CCCc3cc(Cl)ccc32)CCN1c1ccccc1. The number of hydrogen-bond acceptors (Lipinski definition) is 5. The molecule has 1 saturated heterocycles. The second-order valence-electron chi connectivity index (χ2n) is 12.2. The third kappa shape index (κ3) is 7.59. The van der Waals surface area contributed by atoms with E-state index in [1.165, 1.54) is 11.3 Å². The van der Waals surface area contributed by atoms with Crippen LogP contribution in [-0.2, 0) is 22.4 Å². The van der Waals surface area contributed by atoms with Gasteiger partial charge in [-0.05, 0) is 110 Å². The highest BCUT2D eigenvalue weighted by molar-refractivity contribution is 6.31. The molecule has 2 N–H and O–H groups in total. The molecule has 0 saturated carbocycles. The van der Waals surface area contributed by atoms with Crippen LogP contribution < -0.4 is 20.0 Å². The Hall–Kier alpha value is -4.04. The number of halogens is 2. The Morgan fingerprint density at radius 2 is 1.43 bits per heavy atom. The second-order valence-corrected chi connectivity index (χ2v) is 13.0. The first-order chi connectivity index (χ1) is 22.9. The number of nitrogens with zero attached hydrogens (tertiary/aromatic N) is 3. The van der Waals surface area contributed by atoms with E-state index < -0.39 is 6.04 Å². The number of rotatable bonds is 7. The largest absolute Gasteiger partial charge is 0.396 e. The Kier molecular flexibility index (Phi) is 10.7. The average Bonchev–Trinajstić information content (AvgIpc) is 3.48. The normalized spacial score (nSPS) is 17.7. The van der Waals surface area contributed by atoms with Gasteiger partial charge in [0.25, 0.3) is 0 Å². The van der Waals surface area contributed by atoms with Crippen molar-refractivity contribution in [2.45, 2.75) is 50.6 Å². The van der Waals surface area contributed by atoms with E-state index in [1.54, 1.807) is 0 Å². The summed E-state index contributed by atoms with van der Waals surface area (Å²) in [4.78, 5) is 32.0. The molecule has 244 valence electrons. The highest BCUT2D eigenvalue weighted by atomic mass is 35.5. The molecule has 0 spiro atoms. The minimum atomic E-state index is -0.407. The van der Waals surface area contributed by atoms with Gasteiger partial charge in [0, 0.05) is 59.0 Å². The Morgan fingerprint density at radius 3 is 2.11 bits per heavy atom. The minimum Gasteiger partial charge on any atom is -0.396 e. The molecule has 9 heteroatoms. The van der Waals surface area contributed by atoms with Crippen molar-refractivity contribution in [3.63, 3.8) is 0 Å². The van der Waals surface area contributed by atoms with E-state index in [-0.39, 0.29) is 24.5 Å². The van der Waals surface area contributed by atoms with E-state index in [0.717, 1.165) is 79.4 Å². The monoisotopic (exact) mass is 670 g/mol. The van der Waals surface area contributed by atoms with Crippen molar-refractivity contribution in [2.24, 2.45) is 0 Å². The van der Waals surface area contributed by atoms with Crippen molar-refractivity contribution in [2.75, 3.05) is 46.3 Å². The van der Waals surface area contributed by atoms with Gasteiger partial charge in [0.05, 0.1) is 0 Å². The molecule has 3 heterocycles. The molecule has 3 aliphatic heterocycles. The molecule has 2 atom stereocenters. The number of hydrogen-bond donors (Lipinski definition) is 2. The van der Waals surface area contributed by atoms with Gasteiger partial charge in [-0.25, -0.2) is 0 Å². The molecular formula is C38H40Cl2N4O3. The lowest BCUT2D eigenvalue weighted by molar-refractivity contribution is -0.118. The second kappa shape index (κ2) is 15.2. The summed E-state index contributed by atoms with van der Waals surface area (Å²) in [7, 11) is 0. The van der Waals surface area contributed by atoms with Gasteiger partial charge in [-0.2, -0.15) is 0 Å². The van der Waals surface area contributed by atoms with Gasteiger partial charge in [0.15, 0.2) is 0 Å². The molecule has 0 unspecified atom stereocenters. The lowest BCUT2D eigenvalue weighted by atomic mass is 9.98. The van der Waals surface area contributed by atoms with Crippen LogP contribution in [0.1, 0.15) is 36.8 Å². The van der Waals surface area contributed by atoms with Crippen molar-refractivity contribution in [3.05, 3.63) is 118 Å². The predicted octanol–water partition coefficient (Wildman–Crippen LogP) is 7.38. The van der Waals surface area contributed by atoms with Crippen molar-refractivity contribution in [1.82, 2.24) is 0 Å². The Labute approximate surface area is 286 Å². The van der Waals surface area contributed by atoms with Gasteiger partial charge in [-0.3, -0.25) is 9.59 Å². The Morgan fingerprint density at radius 1 is 0.809 bits per heavy atom. The van der Waals surface area contributed by atoms with Crippen molar-refractivity contribution < 1.29 is 14.7 Å². The van der Waals surface area contributed by atoms with Crippen molar-refractivity contribution in [3.8, 4) is 0 Å². The first-order valence-electron chi connectivity index (χ1n) is 16.4. The van der Waals surface area contributed by atoms with Gasteiger partial charge in [0.1, 0.15) is 12.1 Å². The molecule has 0 aromatic heterocycles. The van der Waals surface area contributed by atoms with Crippen LogP contribution in [0.25, 0.3) is 0 Å². The van der Waals surface area contributed by atoms with Crippen LogP contribution in [0.2, 0.25) is 10.0 Å². The summed E-state index contributed by atoms with van der Waals surface area (Å²) < 4.78 is 0. The van der Waals surface area contributed by atoms with Crippen molar-refractivity contribution in [1.29, 1.82) is 0 Å². The van der Waals surface area contributed by atoms with Crippen LogP contribution in [-0.4, -0.2) is 55.2 Å². The molecule has 0 bridgehead atoms. The highest BCUT2D eigenvalue weighted by Gasteiger charge is 2.38. The molecule has 0 radical (unpaired) electrons. The number of anilines is 4. The molecule has 47 heavy (non-hydrogen) atoms. The molecule has 4 aromatic carbocycles. The Bertz CT molecular complexity index is 1690. The molecule has 1 fully saturated rings. The summed E-state index contributed by atoms with van der Waals surface area (Å²) in [6.45, 7) is 2.48. The van der Waals surface area contributed by atoms with Gasteiger partial charge < -0.3 is 25.1 Å². The fourth-order valence-corrected chi connectivity index (χ4v) is 7.34. The zero-order valence-corrected chi connectivity index (χ0v) is 27.8.